The fraction of sp³-hybridized carbons (Fsp3) is 0.125. The first-order chi connectivity index (χ1) is 14.8. The molecule has 1 N–H and O–H groups in total. The number of para-hydroxylation sites is 1. The molecule has 5 nitrogen and oxygen atoms in total. The standard InChI is InChI=1S/C24H20ClNO4S/c1-16-21(25)13-12-20(17-7-3-2-4-8-17)24(16)31(29,30)26-15-18(11-14-23(27)28)19-9-5-6-10-22(19)26/h2-10,12-13,15H,11,14H2,1H3,(H,27,28). The van der Waals surface area contributed by atoms with Crippen molar-refractivity contribution in [2.75, 3.05) is 0 Å². The van der Waals surface area contributed by atoms with Crippen molar-refractivity contribution in [2.45, 2.75) is 24.7 Å². The second-order valence-electron chi connectivity index (χ2n) is 7.28. The Morgan fingerprint density at radius 1 is 1.00 bits per heavy atom. The van der Waals surface area contributed by atoms with Crippen molar-refractivity contribution in [1.29, 1.82) is 0 Å². The number of carbonyl (C=O) groups is 1. The lowest BCUT2D eigenvalue weighted by Crippen LogP contribution is -2.15. The van der Waals surface area contributed by atoms with E-state index in [0.29, 0.717) is 32.6 Å². The average molecular weight is 454 g/mol. The number of carboxylic acid groups (broad SMARTS) is 1. The molecule has 0 saturated heterocycles. The van der Waals surface area contributed by atoms with Crippen molar-refractivity contribution in [3.63, 3.8) is 0 Å². The molecule has 0 aliphatic carbocycles. The second-order valence-corrected chi connectivity index (χ2v) is 9.44. The van der Waals surface area contributed by atoms with Crippen LogP contribution in [0.15, 0.2) is 77.8 Å². The van der Waals surface area contributed by atoms with E-state index in [1.165, 1.54) is 10.2 Å². The van der Waals surface area contributed by atoms with Crippen LogP contribution in [0.1, 0.15) is 17.5 Å². The molecule has 1 heterocycles. The molecular formula is C24H20ClNO4S. The van der Waals surface area contributed by atoms with E-state index in [1.54, 1.807) is 31.2 Å². The Morgan fingerprint density at radius 3 is 2.39 bits per heavy atom. The van der Waals surface area contributed by atoms with Crippen LogP contribution in [-0.2, 0) is 21.2 Å². The summed E-state index contributed by atoms with van der Waals surface area (Å²) in [5.74, 6) is -0.934. The normalized spacial score (nSPS) is 11.7. The Morgan fingerprint density at radius 2 is 1.68 bits per heavy atom. The average Bonchev–Trinajstić information content (AvgIpc) is 3.14. The summed E-state index contributed by atoms with van der Waals surface area (Å²) >= 11 is 6.34. The summed E-state index contributed by atoms with van der Waals surface area (Å²) in [5.41, 5.74) is 2.97. The zero-order chi connectivity index (χ0) is 22.2. The van der Waals surface area contributed by atoms with Crippen LogP contribution in [0.4, 0.5) is 0 Å². The van der Waals surface area contributed by atoms with Gasteiger partial charge in [-0.05, 0) is 42.2 Å². The molecule has 7 heteroatoms. The fourth-order valence-corrected chi connectivity index (χ4v) is 5.86. The van der Waals surface area contributed by atoms with Gasteiger partial charge in [0, 0.05) is 28.6 Å². The number of nitrogens with zero attached hydrogens (tertiary/aromatic N) is 1. The zero-order valence-corrected chi connectivity index (χ0v) is 18.3. The lowest BCUT2D eigenvalue weighted by molar-refractivity contribution is -0.136. The first-order valence-electron chi connectivity index (χ1n) is 9.71. The van der Waals surface area contributed by atoms with Gasteiger partial charge in [0.15, 0.2) is 0 Å². The van der Waals surface area contributed by atoms with Gasteiger partial charge in [0.1, 0.15) is 4.90 Å². The van der Waals surface area contributed by atoms with Crippen molar-refractivity contribution in [1.82, 2.24) is 3.97 Å². The summed E-state index contributed by atoms with van der Waals surface area (Å²) in [5, 5.41) is 10.2. The third-order valence-corrected chi connectivity index (χ3v) is 7.58. The molecule has 0 aliphatic heterocycles. The summed E-state index contributed by atoms with van der Waals surface area (Å²) in [4.78, 5) is 11.2. The minimum atomic E-state index is -4.03. The first kappa shape index (κ1) is 21.2. The minimum absolute atomic E-state index is 0.0838. The number of hydrogen-bond donors (Lipinski definition) is 1. The number of aliphatic carboxylic acids is 1. The SMILES string of the molecule is Cc1c(Cl)ccc(-c2ccccc2)c1S(=O)(=O)n1cc(CCC(=O)O)c2ccccc21. The van der Waals surface area contributed by atoms with E-state index >= 15 is 0 Å². The van der Waals surface area contributed by atoms with Crippen LogP contribution >= 0.6 is 11.6 Å². The number of aryl methyl sites for hydroxylation is 1. The van der Waals surface area contributed by atoms with Crippen molar-refractivity contribution in [2.24, 2.45) is 0 Å². The van der Waals surface area contributed by atoms with Crippen LogP contribution in [0, 0.1) is 6.92 Å². The number of rotatable bonds is 6. The van der Waals surface area contributed by atoms with E-state index in [1.807, 2.05) is 42.5 Å². The summed E-state index contributed by atoms with van der Waals surface area (Å²) in [7, 11) is -4.03. The van der Waals surface area contributed by atoms with Gasteiger partial charge in [-0.3, -0.25) is 4.79 Å². The molecule has 4 rings (SSSR count). The molecule has 0 saturated carbocycles. The van der Waals surface area contributed by atoms with Crippen molar-refractivity contribution in [3.05, 3.63) is 89.1 Å². The van der Waals surface area contributed by atoms with E-state index in [9.17, 15) is 13.2 Å². The van der Waals surface area contributed by atoms with Gasteiger partial charge < -0.3 is 5.11 Å². The van der Waals surface area contributed by atoms with Crippen LogP contribution in [0.3, 0.4) is 0 Å². The largest absolute Gasteiger partial charge is 0.481 e. The first-order valence-corrected chi connectivity index (χ1v) is 11.5. The third-order valence-electron chi connectivity index (χ3n) is 5.31. The van der Waals surface area contributed by atoms with Crippen LogP contribution in [0.5, 0.6) is 0 Å². The Bertz CT molecular complexity index is 1390. The molecule has 0 fully saturated rings. The molecule has 4 aromatic rings. The predicted octanol–water partition coefficient (Wildman–Crippen LogP) is 5.52. The van der Waals surface area contributed by atoms with Crippen LogP contribution in [0.2, 0.25) is 5.02 Å². The number of halogens is 1. The number of fused-ring (bicyclic) bond motifs is 1. The lowest BCUT2D eigenvalue weighted by Gasteiger charge is -2.16. The number of carboxylic acids is 1. The van der Waals surface area contributed by atoms with Gasteiger partial charge in [-0.2, -0.15) is 0 Å². The maximum atomic E-state index is 14.0. The van der Waals surface area contributed by atoms with Crippen molar-refractivity contribution < 1.29 is 18.3 Å². The zero-order valence-electron chi connectivity index (χ0n) is 16.7. The molecule has 158 valence electrons. The molecular weight excluding hydrogens is 434 g/mol. The van der Waals surface area contributed by atoms with Crippen LogP contribution in [0.25, 0.3) is 22.0 Å². The van der Waals surface area contributed by atoms with E-state index in [-0.39, 0.29) is 17.7 Å². The highest BCUT2D eigenvalue weighted by atomic mass is 35.5. The molecule has 31 heavy (non-hydrogen) atoms. The Kier molecular flexibility index (Phi) is 5.60. The topological polar surface area (TPSA) is 76.4 Å². The molecule has 0 aliphatic rings. The highest BCUT2D eigenvalue weighted by molar-refractivity contribution is 7.90. The molecule has 0 unspecified atom stereocenters. The molecule has 1 aromatic heterocycles. The summed E-state index contributed by atoms with van der Waals surface area (Å²) in [6.07, 6.45) is 1.68. The van der Waals surface area contributed by atoms with Gasteiger partial charge >= 0.3 is 5.97 Å². The highest BCUT2D eigenvalue weighted by Gasteiger charge is 2.27. The van der Waals surface area contributed by atoms with E-state index in [2.05, 4.69) is 0 Å². The summed E-state index contributed by atoms with van der Waals surface area (Å²) in [6.45, 7) is 1.69. The van der Waals surface area contributed by atoms with Gasteiger partial charge in [-0.15, -0.1) is 0 Å². The smallest absolute Gasteiger partial charge is 0.303 e. The lowest BCUT2D eigenvalue weighted by atomic mass is 10.0. The molecule has 3 aromatic carbocycles. The molecule has 0 atom stereocenters. The second kappa shape index (κ2) is 8.21. The predicted molar refractivity (Wildman–Crippen MR) is 122 cm³/mol. The van der Waals surface area contributed by atoms with E-state index in [4.69, 9.17) is 16.7 Å². The van der Waals surface area contributed by atoms with Crippen molar-refractivity contribution >= 4 is 38.5 Å². The van der Waals surface area contributed by atoms with E-state index in [0.717, 1.165) is 5.56 Å². The number of aromatic nitrogens is 1. The van der Waals surface area contributed by atoms with Gasteiger partial charge in [0.25, 0.3) is 10.0 Å². The van der Waals surface area contributed by atoms with Crippen LogP contribution < -0.4 is 0 Å². The summed E-state index contributed by atoms with van der Waals surface area (Å²) < 4.78 is 29.1. The maximum absolute atomic E-state index is 14.0. The van der Waals surface area contributed by atoms with Gasteiger partial charge in [-0.25, -0.2) is 12.4 Å². The summed E-state index contributed by atoms with van der Waals surface area (Å²) in [6, 6.07) is 19.8. The maximum Gasteiger partial charge on any atom is 0.303 e. The molecule has 0 amide bonds. The van der Waals surface area contributed by atoms with E-state index < -0.39 is 16.0 Å². The highest BCUT2D eigenvalue weighted by Crippen LogP contribution is 2.37. The van der Waals surface area contributed by atoms with Gasteiger partial charge in [0.05, 0.1) is 5.52 Å². The Labute approximate surface area is 185 Å². The molecule has 0 radical (unpaired) electrons. The minimum Gasteiger partial charge on any atom is -0.481 e. The third kappa shape index (κ3) is 3.84. The quantitative estimate of drug-likeness (QED) is 0.416. The van der Waals surface area contributed by atoms with Gasteiger partial charge in [-0.1, -0.05) is 66.2 Å². The molecule has 0 spiro atoms. The fourth-order valence-electron chi connectivity index (χ4n) is 3.80. The Hall–Kier alpha value is -3.09. The van der Waals surface area contributed by atoms with Gasteiger partial charge in [0.2, 0.25) is 0 Å². The number of benzene rings is 3. The molecule has 0 bridgehead atoms. The van der Waals surface area contributed by atoms with Crippen molar-refractivity contribution in [3.8, 4) is 11.1 Å². The number of hydrogen-bond acceptors (Lipinski definition) is 3. The monoisotopic (exact) mass is 453 g/mol. The Balaban J connectivity index is 1.98. The van der Waals surface area contributed by atoms with Crippen LogP contribution in [-0.4, -0.2) is 23.5 Å².